The van der Waals surface area contributed by atoms with Crippen LogP contribution < -0.4 is 4.72 Å². The first kappa shape index (κ1) is 20.4. The van der Waals surface area contributed by atoms with Gasteiger partial charge in [0.05, 0.1) is 11.0 Å². The molecule has 8 nitrogen and oxygen atoms in total. The second-order valence-electron chi connectivity index (χ2n) is 5.19. The third kappa shape index (κ3) is 5.75. The van der Waals surface area contributed by atoms with E-state index in [0.29, 0.717) is 5.02 Å². The molecule has 0 saturated heterocycles. The third-order valence-corrected chi connectivity index (χ3v) is 4.69. The molecular formula is C14H19ClN2O6S. The van der Waals surface area contributed by atoms with Gasteiger partial charge in [-0.1, -0.05) is 11.6 Å². The zero-order chi connectivity index (χ0) is 18.5. The summed E-state index contributed by atoms with van der Waals surface area (Å²) in [6, 6.07) is 3.71. The predicted molar refractivity (Wildman–Crippen MR) is 86.9 cm³/mol. The topological polar surface area (TPSA) is 113 Å². The van der Waals surface area contributed by atoms with Crippen molar-refractivity contribution in [1.82, 2.24) is 9.62 Å². The lowest BCUT2D eigenvalue weighted by Gasteiger charge is -2.20. The number of amides is 1. The molecule has 1 aromatic carbocycles. The lowest BCUT2D eigenvalue weighted by atomic mass is 10.2. The molecule has 1 rings (SSSR count). The summed E-state index contributed by atoms with van der Waals surface area (Å²) in [6.45, 7) is 0.668. The van der Waals surface area contributed by atoms with Crippen LogP contribution in [0.1, 0.15) is 6.92 Å². The number of hydrogen-bond acceptors (Lipinski definition) is 6. The number of benzene rings is 1. The van der Waals surface area contributed by atoms with Gasteiger partial charge in [-0.3, -0.25) is 9.59 Å². The molecule has 0 bridgehead atoms. The van der Waals surface area contributed by atoms with Gasteiger partial charge in [0.25, 0.3) is 5.91 Å². The molecule has 0 radical (unpaired) electrons. The summed E-state index contributed by atoms with van der Waals surface area (Å²) in [5, 5.41) is 10.0. The first-order valence-corrected chi connectivity index (χ1v) is 8.73. The molecule has 0 unspecified atom stereocenters. The monoisotopic (exact) mass is 378 g/mol. The predicted octanol–water partition coefficient (Wildman–Crippen LogP) is -0.000900. The largest absolute Gasteiger partial charge is 0.454 e. The number of aliphatic hydroxyl groups is 1. The van der Waals surface area contributed by atoms with E-state index in [-0.39, 0.29) is 4.90 Å². The Balaban J connectivity index is 2.87. The molecule has 24 heavy (non-hydrogen) atoms. The van der Waals surface area contributed by atoms with Crippen molar-refractivity contribution in [2.24, 2.45) is 0 Å². The molecule has 0 heterocycles. The Morgan fingerprint density at radius 3 is 2.29 bits per heavy atom. The minimum atomic E-state index is -4.09. The summed E-state index contributed by atoms with van der Waals surface area (Å²) in [6.07, 6.45) is -1.37. The molecule has 1 aromatic rings. The quantitative estimate of drug-likeness (QED) is 0.646. The van der Waals surface area contributed by atoms with Gasteiger partial charge in [0.1, 0.15) is 6.04 Å². The number of ether oxygens (including phenoxy) is 1. The maximum atomic E-state index is 12.3. The standard InChI is InChI=1S/C14H19ClN2O6S/c1-9(18)13(14(20)23-8-12(19)17(2)3)16-24(21,22)11-6-4-10(15)5-7-11/h4-7,9,13,16,18H,8H2,1-3H3/t9-,13-/m0/s1. The van der Waals surface area contributed by atoms with Crippen molar-refractivity contribution in [3.63, 3.8) is 0 Å². The highest BCUT2D eigenvalue weighted by Gasteiger charge is 2.31. The minimum Gasteiger partial charge on any atom is -0.454 e. The van der Waals surface area contributed by atoms with Gasteiger partial charge in [-0.15, -0.1) is 0 Å². The number of carbonyl (C=O) groups excluding carboxylic acids is 2. The number of esters is 1. The van der Waals surface area contributed by atoms with Gasteiger partial charge >= 0.3 is 5.97 Å². The summed E-state index contributed by atoms with van der Waals surface area (Å²) < 4.78 is 31.3. The summed E-state index contributed by atoms with van der Waals surface area (Å²) in [5.74, 6) is -1.54. The highest BCUT2D eigenvalue weighted by molar-refractivity contribution is 7.89. The fourth-order valence-corrected chi connectivity index (χ4v) is 2.93. The van der Waals surface area contributed by atoms with Crippen molar-refractivity contribution in [3.05, 3.63) is 29.3 Å². The molecule has 134 valence electrons. The molecule has 0 aliphatic rings. The Kier molecular flexibility index (Phi) is 7.15. The number of carbonyl (C=O) groups is 2. The third-order valence-electron chi connectivity index (χ3n) is 2.98. The van der Waals surface area contributed by atoms with E-state index in [0.717, 1.165) is 0 Å². The van der Waals surface area contributed by atoms with Crippen LogP contribution in [0.2, 0.25) is 5.02 Å². The number of rotatable bonds is 7. The van der Waals surface area contributed by atoms with Gasteiger partial charge in [0.15, 0.2) is 6.61 Å². The fraction of sp³-hybridized carbons (Fsp3) is 0.429. The van der Waals surface area contributed by atoms with Crippen LogP contribution in [0.15, 0.2) is 29.2 Å². The van der Waals surface area contributed by atoms with Crippen LogP contribution in [-0.4, -0.2) is 63.1 Å². The van der Waals surface area contributed by atoms with Crippen molar-refractivity contribution in [2.75, 3.05) is 20.7 Å². The van der Waals surface area contributed by atoms with E-state index >= 15 is 0 Å². The van der Waals surface area contributed by atoms with Crippen LogP contribution in [0.25, 0.3) is 0 Å². The van der Waals surface area contributed by atoms with E-state index in [9.17, 15) is 23.1 Å². The number of aliphatic hydroxyl groups excluding tert-OH is 1. The smallest absolute Gasteiger partial charge is 0.327 e. The van der Waals surface area contributed by atoms with Gasteiger partial charge in [-0.05, 0) is 31.2 Å². The number of hydrogen-bond donors (Lipinski definition) is 2. The highest BCUT2D eigenvalue weighted by atomic mass is 35.5. The van der Waals surface area contributed by atoms with E-state index < -0.39 is 40.7 Å². The molecule has 0 aliphatic heterocycles. The molecule has 1 amide bonds. The zero-order valence-corrected chi connectivity index (χ0v) is 15.0. The van der Waals surface area contributed by atoms with Crippen LogP contribution in [0.3, 0.4) is 0 Å². The second-order valence-corrected chi connectivity index (χ2v) is 7.34. The minimum absolute atomic E-state index is 0.130. The van der Waals surface area contributed by atoms with Gasteiger partial charge < -0.3 is 14.7 Å². The Morgan fingerprint density at radius 2 is 1.83 bits per heavy atom. The normalized spacial score (nSPS) is 13.9. The first-order chi connectivity index (χ1) is 11.0. The van der Waals surface area contributed by atoms with Crippen LogP contribution in [0.4, 0.5) is 0 Å². The van der Waals surface area contributed by atoms with E-state index in [1.165, 1.54) is 50.2 Å². The number of nitrogens with zero attached hydrogens (tertiary/aromatic N) is 1. The van der Waals surface area contributed by atoms with Crippen LogP contribution in [0, 0.1) is 0 Å². The van der Waals surface area contributed by atoms with E-state index in [1.807, 2.05) is 0 Å². The van der Waals surface area contributed by atoms with Crippen molar-refractivity contribution in [2.45, 2.75) is 24.0 Å². The first-order valence-electron chi connectivity index (χ1n) is 6.87. The highest BCUT2D eigenvalue weighted by Crippen LogP contribution is 2.15. The SMILES string of the molecule is C[C@H](O)[C@H](NS(=O)(=O)c1ccc(Cl)cc1)C(=O)OCC(=O)N(C)C. The Bertz CT molecular complexity index is 688. The Hall–Kier alpha value is -1.68. The summed E-state index contributed by atoms with van der Waals surface area (Å²) in [4.78, 5) is 24.5. The number of halogens is 1. The van der Waals surface area contributed by atoms with Crippen LogP contribution in [0.5, 0.6) is 0 Å². The van der Waals surface area contributed by atoms with Gasteiger partial charge in [0, 0.05) is 19.1 Å². The Morgan fingerprint density at radius 1 is 1.29 bits per heavy atom. The van der Waals surface area contributed by atoms with E-state index in [2.05, 4.69) is 4.72 Å². The Labute approximate surface area is 145 Å². The van der Waals surface area contributed by atoms with Crippen LogP contribution >= 0.6 is 11.6 Å². The number of nitrogens with one attached hydrogen (secondary N) is 1. The zero-order valence-electron chi connectivity index (χ0n) is 13.4. The van der Waals surface area contributed by atoms with Crippen molar-refractivity contribution in [3.8, 4) is 0 Å². The average molecular weight is 379 g/mol. The van der Waals surface area contributed by atoms with Crippen molar-refractivity contribution < 1.29 is 27.9 Å². The van der Waals surface area contributed by atoms with Crippen molar-refractivity contribution >= 4 is 33.5 Å². The molecule has 0 fully saturated rings. The van der Waals surface area contributed by atoms with E-state index in [1.54, 1.807) is 0 Å². The molecule has 0 spiro atoms. The number of likely N-dealkylation sites (N-methyl/N-ethyl adjacent to an activating group) is 1. The molecule has 0 saturated carbocycles. The van der Waals surface area contributed by atoms with Gasteiger partial charge in [-0.25, -0.2) is 8.42 Å². The second kappa shape index (κ2) is 8.43. The lowest BCUT2D eigenvalue weighted by Crippen LogP contribution is -2.49. The van der Waals surface area contributed by atoms with Gasteiger partial charge in [-0.2, -0.15) is 4.72 Å². The fourth-order valence-electron chi connectivity index (χ4n) is 1.54. The van der Waals surface area contributed by atoms with Gasteiger partial charge in [0.2, 0.25) is 10.0 Å². The number of sulfonamides is 1. The summed E-state index contributed by atoms with van der Waals surface area (Å²) >= 11 is 5.70. The lowest BCUT2D eigenvalue weighted by molar-refractivity contribution is -0.154. The average Bonchev–Trinajstić information content (AvgIpc) is 2.50. The van der Waals surface area contributed by atoms with E-state index in [4.69, 9.17) is 16.3 Å². The molecule has 0 aliphatic carbocycles. The van der Waals surface area contributed by atoms with Crippen LogP contribution in [-0.2, 0) is 24.3 Å². The molecule has 2 N–H and O–H groups in total. The molecular weight excluding hydrogens is 360 g/mol. The molecule has 0 aromatic heterocycles. The molecule has 10 heteroatoms. The van der Waals surface area contributed by atoms with Crippen molar-refractivity contribution in [1.29, 1.82) is 0 Å². The molecule has 2 atom stereocenters. The maximum Gasteiger partial charge on any atom is 0.327 e. The summed E-state index contributed by atoms with van der Waals surface area (Å²) in [7, 11) is -1.13. The maximum absolute atomic E-state index is 12.3. The summed E-state index contributed by atoms with van der Waals surface area (Å²) in [5.41, 5.74) is 0.